The molecule has 7 amide bonds. The van der Waals surface area contributed by atoms with Crippen LogP contribution >= 0.6 is 7.82 Å². The number of phosphoric acid groups is 1. The van der Waals surface area contributed by atoms with E-state index < -0.39 is 137 Å². The Kier molecular flexibility index (Phi) is 21.1. The number of phosphoric ester groups is 1. The van der Waals surface area contributed by atoms with Gasteiger partial charge in [0, 0.05) is 136 Å². The number of amides is 7. The Morgan fingerprint density at radius 2 is 1.31 bits per heavy atom. The number of hydrogen-bond acceptors (Lipinski definition) is 18. The molecule has 8 rings (SSSR count). The van der Waals surface area contributed by atoms with Crippen LogP contribution in [0.25, 0.3) is 11.0 Å². The van der Waals surface area contributed by atoms with Crippen LogP contribution in [-0.2, 0) is 68.7 Å². The summed E-state index contributed by atoms with van der Waals surface area (Å²) in [7, 11) is -5.07. The molecular weight excluding hydrogens is 1240 g/mol. The van der Waals surface area contributed by atoms with Crippen molar-refractivity contribution in [3.63, 3.8) is 0 Å². The molecule has 499 valence electrons. The number of allylic oxidation sites excluding steroid dienone is 6. The number of carbonyl (C=O) groups is 7. The summed E-state index contributed by atoms with van der Waals surface area (Å²) in [6.07, 6.45) is -4.63. The van der Waals surface area contributed by atoms with Gasteiger partial charge in [-0.1, -0.05) is 34.6 Å². The molecule has 16 N–H and O–H groups in total. The Hall–Kier alpha value is -6.62. The van der Waals surface area contributed by atoms with Crippen LogP contribution in [0.5, 0.6) is 0 Å². The van der Waals surface area contributed by atoms with Gasteiger partial charge in [0.15, 0.2) is 6.23 Å². The minimum Gasteiger partial charge on any atom is -0.394 e. The average molecular weight is 1330 g/mol. The van der Waals surface area contributed by atoms with E-state index in [1.54, 1.807) is 25.3 Å². The van der Waals surface area contributed by atoms with Crippen LogP contribution in [0.4, 0.5) is 0 Å². The molecule has 1 fully saturated rings. The molecule has 1 aromatic heterocycles. The number of benzene rings is 1. The number of aromatic nitrogens is 2. The number of aryl methyl sites for hydroxylation is 2. The second-order valence-electron chi connectivity index (χ2n) is 26.8. The summed E-state index contributed by atoms with van der Waals surface area (Å²) in [5.74, 6) is -7.52. The number of ether oxygens (including phenoxy) is 1. The van der Waals surface area contributed by atoms with Gasteiger partial charge in [0.05, 0.1) is 47.2 Å². The summed E-state index contributed by atoms with van der Waals surface area (Å²) in [6, 6.07) is 3.73. The molecule has 1 aromatic carbocycles. The molecule has 27 nitrogen and oxygen atoms in total. The van der Waals surface area contributed by atoms with E-state index in [0.717, 1.165) is 11.1 Å². The average Bonchev–Trinajstić information content (AvgIpc) is 1.53. The van der Waals surface area contributed by atoms with Crippen LogP contribution < -0.4 is 39.7 Å². The molecule has 6 aliphatic heterocycles. The number of nitrogens with zero attached hydrogens (tertiary/aromatic N) is 6. The predicted molar refractivity (Wildman–Crippen MR) is 334 cm³/mol. The number of aliphatic hydroxyl groups is 2. The van der Waals surface area contributed by atoms with Crippen molar-refractivity contribution in [3.8, 4) is 0 Å². The molecule has 1 saturated heterocycles. The van der Waals surface area contributed by atoms with Gasteiger partial charge in [0.25, 0.3) is 0 Å². The maximum absolute atomic E-state index is 14.4. The summed E-state index contributed by atoms with van der Waals surface area (Å²) >= 11 is 0. The van der Waals surface area contributed by atoms with E-state index in [1.807, 2.05) is 66.7 Å². The van der Waals surface area contributed by atoms with E-state index in [1.165, 1.54) is 13.3 Å². The smallest absolute Gasteiger partial charge is 0.394 e. The van der Waals surface area contributed by atoms with Crippen molar-refractivity contribution in [2.24, 2.45) is 99.7 Å². The number of primary amides is 6. The quantitative estimate of drug-likeness (QED) is 0.0601. The zero-order valence-corrected chi connectivity index (χ0v) is 55.4. The van der Waals surface area contributed by atoms with Gasteiger partial charge in [0.1, 0.15) is 23.9 Å². The molecule has 6 aliphatic rings. The van der Waals surface area contributed by atoms with Crippen molar-refractivity contribution in [3.05, 3.63) is 63.9 Å². The molecular formula is C62H88CoN13O14P. The SMILES string of the molecule is C/C1=C2/N=C([C@H](CC(N)=O)[C@@]2(C)CCC(=O)NCC(C)OP(=O)(O)OC2C(O)[C@@H](n3cnc4cc(C)c(C)cc43)O[C@H]2CO)[C@]2(C)N=C(/C(C)=C3N=C(/C=C4N=C1[C@@H](CCC(N)=O)C\4(C)C)[C@@H](CCC(N)=O)[C@]\3(C)CC(N)=O)[C@@H](CCC(N)=O)[C@]2(C)CC(N)=O.[Co]. The Morgan fingerprint density at radius 3 is 1.89 bits per heavy atom. The first-order valence-electron chi connectivity index (χ1n) is 30.4. The number of nitrogens with one attached hydrogen (secondary N) is 1. The molecule has 8 bridgehead atoms. The van der Waals surface area contributed by atoms with Crippen molar-refractivity contribution in [1.82, 2.24) is 14.9 Å². The number of rotatable bonds is 26. The van der Waals surface area contributed by atoms with E-state index in [0.29, 0.717) is 62.1 Å². The molecule has 29 heteroatoms. The van der Waals surface area contributed by atoms with Gasteiger partial charge in [-0.05, 0) is 108 Å². The molecule has 0 aliphatic carbocycles. The van der Waals surface area contributed by atoms with Crippen LogP contribution in [0.2, 0.25) is 0 Å². The topological polar surface area (TPSA) is 460 Å². The summed E-state index contributed by atoms with van der Waals surface area (Å²) in [6.45, 7) is 19.0. The van der Waals surface area contributed by atoms with E-state index in [-0.39, 0.29) is 94.0 Å². The minimum absolute atomic E-state index is 0. The number of nitrogens with two attached hydrogens (primary N) is 6. The van der Waals surface area contributed by atoms with E-state index >= 15 is 0 Å². The van der Waals surface area contributed by atoms with Gasteiger partial charge >= 0.3 is 7.82 Å². The standard InChI is InChI=1S/C62H88N13O14P.Co/c1-29-20-39-40(21-30(29)2)75(28-70-39)57-52(84)53(41(27-76)87-57)89-90(85,86)88-31(3)26-69-49(83)18-19-59(8)37(22-46(66)80)56-62(11)61(10,25-48(68)82)36(14-17-45(65)79)51(74-62)33(5)55-60(9,24-47(67)81)34(12-15-43(63)77)38(71-55)23-42-58(6,7)35(13-16-44(64)78)50(72-42)32(4)54(59)73-56;/h20-21,23,28,31,34-37,41,52-53,57,76,84H,12-19,22,24-27H2,1-11H3,(H2,63,77)(H2,64,78)(H2,65,79)(H2,66,80)(H2,67,81)(H2,68,82)(H,69,83)(H,85,86);/b42-23-,54-32-,55-33-;/t31?,34-,35-,36-,37+,41+,52?,53?,57+,59-,60+,61+,62+;/m1./s1. The van der Waals surface area contributed by atoms with Crippen molar-refractivity contribution in [2.45, 2.75) is 183 Å². The summed E-state index contributed by atoms with van der Waals surface area (Å²) in [4.78, 5) is 131. The maximum Gasteiger partial charge on any atom is 0.472 e. The van der Waals surface area contributed by atoms with Gasteiger partial charge in [0.2, 0.25) is 41.4 Å². The van der Waals surface area contributed by atoms with Crippen LogP contribution in [0, 0.1) is 59.2 Å². The number of imidazole rings is 1. The second-order valence-corrected chi connectivity index (χ2v) is 28.2. The molecule has 2 aromatic rings. The third kappa shape index (κ3) is 13.8. The fourth-order valence-electron chi connectivity index (χ4n) is 15.0. The maximum atomic E-state index is 14.4. The second kappa shape index (κ2) is 26.8. The van der Waals surface area contributed by atoms with Gasteiger partial charge in [-0.3, -0.25) is 62.6 Å². The van der Waals surface area contributed by atoms with Crippen LogP contribution in [0.1, 0.15) is 150 Å². The molecule has 7 heterocycles. The third-order valence-electron chi connectivity index (χ3n) is 20.2. The third-order valence-corrected chi connectivity index (χ3v) is 21.3. The van der Waals surface area contributed by atoms with E-state index in [2.05, 4.69) is 10.3 Å². The monoisotopic (exact) mass is 1330 g/mol. The summed E-state index contributed by atoms with van der Waals surface area (Å²) < 4.78 is 32.2. The number of hydrogen-bond donors (Lipinski definition) is 10. The molecule has 0 saturated carbocycles. The van der Waals surface area contributed by atoms with E-state index in [9.17, 15) is 53.2 Å². The van der Waals surface area contributed by atoms with E-state index in [4.69, 9.17) is 68.2 Å². The summed E-state index contributed by atoms with van der Waals surface area (Å²) in [5, 5.41) is 24.6. The number of carbonyl (C=O) groups excluding carboxylic acids is 7. The Morgan fingerprint density at radius 1 is 0.736 bits per heavy atom. The fourth-order valence-corrected chi connectivity index (χ4v) is 16.2. The molecule has 14 atom stereocenters. The zero-order valence-electron chi connectivity index (χ0n) is 53.5. The Labute approximate surface area is 539 Å². The van der Waals surface area contributed by atoms with Crippen molar-refractivity contribution >= 4 is 83.1 Å². The largest absolute Gasteiger partial charge is 0.472 e. The predicted octanol–water partition coefficient (Wildman–Crippen LogP) is 3.64. The molecule has 1 radical (unpaired) electrons. The van der Waals surface area contributed by atoms with Crippen LogP contribution in [0.3, 0.4) is 0 Å². The van der Waals surface area contributed by atoms with Crippen molar-refractivity contribution < 1.29 is 83.8 Å². The Balaban J connectivity index is 0.0000118. The van der Waals surface area contributed by atoms with Gasteiger partial charge in [-0.15, -0.1) is 0 Å². The first-order valence-corrected chi connectivity index (χ1v) is 31.9. The van der Waals surface area contributed by atoms with Crippen molar-refractivity contribution in [1.29, 1.82) is 0 Å². The molecule has 4 unspecified atom stereocenters. The number of aliphatic imine (C=N–C) groups is 4. The van der Waals surface area contributed by atoms with Gasteiger partial charge in [-0.25, -0.2) is 9.55 Å². The van der Waals surface area contributed by atoms with Gasteiger partial charge in [-0.2, -0.15) is 0 Å². The van der Waals surface area contributed by atoms with Crippen LogP contribution in [-0.4, -0.2) is 132 Å². The summed E-state index contributed by atoms with van der Waals surface area (Å²) in [5.41, 5.74) is 36.8. The first-order chi connectivity index (χ1) is 41.8. The minimum atomic E-state index is -5.07. The first kappa shape index (κ1) is 71.8. The normalized spacial score (nSPS) is 33.1. The zero-order chi connectivity index (χ0) is 66.7. The fraction of sp³-hybridized carbons (Fsp3) is 0.613. The molecule has 0 spiro atoms. The Bertz CT molecular complexity index is 3610. The molecule has 91 heavy (non-hydrogen) atoms. The number of fused-ring (bicyclic) bond motifs is 6. The number of aliphatic hydroxyl groups excluding tert-OH is 2. The van der Waals surface area contributed by atoms with Crippen LogP contribution in [0.15, 0.2) is 72.7 Å². The van der Waals surface area contributed by atoms with Crippen molar-refractivity contribution in [2.75, 3.05) is 13.2 Å². The van der Waals surface area contributed by atoms with Gasteiger partial charge < -0.3 is 64.1 Å².